The lowest BCUT2D eigenvalue weighted by Crippen LogP contribution is -2.47. The molecule has 0 aromatic heterocycles. The Balaban J connectivity index is 0.00000225. The van der Waals surface area contributed by atoms with Gasteiger partial charge in [0.15, 0.2) is 0 Å². The number of piperidine rings is 1. The van der Waals surface area contributed by atoms with Crippen LogP contribution in [0.4, 0.5) is 0 Å². The molecule has 1 saturated heterocycles. The van der Waals surface area contributed by atoms with Gasteiger partial charge in [0.2, 0.25) is 0 Å². The number of carbonyl (C=O) groups excluding carboxylic acids is 1. The highest BCUT2D eigenvalue weighted by atomic mass is 35.5. The minimum atomic E-state index is -0.590. The summed E-state index contributed by atoms with van der Waals surface area (Å²) in [5, 5.41) is 10.1. The number of hydrogen-bond acceptors (Lipinski definition) is 5. The van der Waals surface area contributed by atoms with Gasteiger partial charge >= 0.3 is 5.97 Å². The van der Waals surface area contributed by atoms with Gasteiger partial charge in [0.1, 0.15) is 5.75 Å². The second-order valence-corrected chi connectivity index (χ2v) is 6.39. The average Bonchev–Trinajstić information content (AvgIpc) is 2.57. The van der Waals surface area contributed by atoms with Crippen molar-refractivity contribution in [1.29, 1.82) is 0 Å². The van der Waals surface area contributed by atoms with Crippen LogP contribution in [0.3, 0.4) is 0 Å². The Hall–Kier alpha value is -1.56. The predicted octanol–water partition coefficient (Wildman–Crippen LogP) is 2.61. The Bertz CT molecular complexity index is 646. The van der Waals surface area contributed by atoms with E-state index in [1.54, 1.807) is 14.0 Å². The summed E-state index contributed by atoms with van der Waals surface area (Å²) in [7, 11) is 1.68. The SMILES string of the molecule is CCOC(=O)[C@H]1CN(CCC2=Cc3ccc(OC)cc32)CC[C@H]1O.Cl. The van der Waals surface area contributed by atoms with E-state index in [1.807, 2.05) is 6.07 Å². The van der Waals surface area contributed by atoms with E-state index < -0.39 is 12.0 Å². The van der Waals surface area contributed by atoms with E-state index in [0.29, 0.717) is 19.6 Å². The van der Waals surface area contributed by atoms with Crippen LogP contribution in [-0.4, -0.2) is 55.4 Å². The molecule has 1 aliphatic heterocycles. The summed E-state index contributed by atoms with van der Waals surface area (Å²) in [6.07, 6.45) is 3.17. The van der Waals surface area contributed by atoms with Gasteiger partial charge in [-0.1, -0.05) is 12.1 Å². The molecule has 1 aliphatic carbocycles. The summed E-state index contributed by atoms with van der Waals surface area (Å²) in [6.45, 7) is 4.41. The zero-order chi connectivity index (χ0) is 17.1. The van der Waals surface area contributed by atoms with Crippen LogP contribution in [0.15, 0.2) is 18.2 Å². The fourth-order valence-corrected chi connectivity index (χ4v) is 3.43. The topological polar surface area (TPSA) is 59.0 Å². The Morgan fingerprint density at radius 3 is 2.92 bits per heavy atom. The van der Waals surface area contributed by atoms with Gasteiger partial charge < -0.3 is 19.5 Å². The molecule has 1 fully saturated rings. The molecule has 0 unspecified atom stereocenters. The lowest BCUT2D eigenvalue weighted by atomic mass is 9.86. The first kappa shape index (κ1) is 19.8. The van der Waals surface area contributed by atoms with Crippen LogP contribution < -0.4 is 4.74 Å². The number of fused-ring (bicyclic) bond motifs is 1. The minimum Gasteiger partial charge on any atom is -0.497 e. The van der Waals surface area contributed by atoms with Crippen LogP contribution in [0.1, 0.15) is 30.9 Å². The van der Waals surface area contributed by atoms with Crippen molar-refractivity contribution < 1.29 is 19.4 Å². The molecule has 1 heterocycles. The van der Waals surface area contributed by atoms with E-state index in [9.17, 15) is 9.90 Å². The zero-order valence-electron chi connectivity index (χ0n) is 14.7. The van der Waals surface area contributed by atoms with E-state index in [2.05, 4.69) is 23.1 Å². The number of carbonyl (C=O) groups is 1. The largest absolute Gasteiger partial charge is 0.497 e. The first-order valence-corrected chi connectivity index (χ1v) is 8.58. The molecule has 25 heavy (non-hydrogen) atoms. The van der Waals surface area contributed by atoms with Gasteiger partial charge in [-0.2, -0.15) is 0 Å². The maximum absolute atomic E-state index is 12.0. The molecule has 138 valence electrons. The molecule has 1 aromatic carbocycles. The van der Waals surface area contributed by atoms with Crippen LogP contribution in [-0.2, 0) is 9.53 Å². The molecule has 2 aliphatic rings. The molecule has 0 radical (unpaired) electrons. The third-order valence-electron chi connectivity index (χ3n) is 4.88. The fraction of sp³-hybridized carbons (Fsp3) is 0.526. The molecule has 0 bridgehead atoms. The molecule has 6 heteroatoms. The number of aliphatic hydroxyl groups excluding tert-OH is 1. The van der Waals surface area contributed by atoms with Gasteiger partial charge in [-0.15, -0.1) is 12.4 Å². The van der Waals surface area contributed by atoms with Crippen molar-refractivity contribution in [3.63, 3.8) is 0 Å². The third kappa shape index (κ3) is 4.35. The Morgan fingerprint density at radius 1 is 1.40 bits per heavy atom. The van der Waals surface area contributed by atoms with E-state index in [0.717, 1.165) is 25.3 Å². The summed E-state index contributed by atoms with van der Waals surface area (Å²) in [4.78, 5) is 14.2. The number of aliphatic hydroxyl groups is 1. The number of benzene rings is 1. The molecular formula is C19H26ClNO4. The Morgan fingerprint density at radius 2 is 2.20 bits per heavy atom. The molecule has 1 N–H and O–H groups in total. The van der Waals surface area contributed by atoms with Gasteiger partial charge in [-0.05, 0) is 48.6 Å². The minimum absolute atomic E-state index is 0. The highest BCUT2D eigenvalue weighted by Crippen LogP contribution is 2.37. The number of ether oxygens (including phenoxy) is 2. The van der Waals surface area contributed by atoms with Crippen LogP contribution in [0.25, 0.3) is 11.6 Å². The van der Waals surface area contributed by atoms with Crippen LogP contribution in [0.2, 0.25) is 0 Å². The van der Waals surface area contributed by atoms with Crippen LogP contribution in [0.5, 0.6) is 5.75 Å². The van der Waals surface area contributed by atoms with Crippen molar-refractivity contribution >= 4 is 30.0 Å². The van der Waals surface area contributed by atoms with Crippen molar-refractivity contribution in [3.8, 4) is 5.75 Å². The normalized spacial score (nSPS) is 22.1. The highest BCUT2D eigenvalue weighted by Gasteiger charge is 2.34. The highest BCUT2D eigenvalue weighted by molar-refractivity contribution is 5.96. The Labute approximate surface area is 155 Å². The lowest BCUT2D eigenvalue weighted by Gasteiger charge is -2.35. The predicted molar refractivity (Wildman–Crippen MR) is 99.9 cm³/mol. The zero-order valence-corrected chi connectivity index (χ0v) is 15.6. The molecule has 3 rings (SSSR count). The molecule has 0 saturated carbocycles. The summed E-state index contributed by atoms with van der Waals surface area (Å²) < 4.78 is 10.4. The molecule has 0 amide bonds. The van der Waals surface area contributed by atoms with Crippen molar-refractivity contribution in [2.45, 2.75) is 25.9 Å². The van der Waals surface area contributed by atoms with Gasteiger partial charge in [0.25, 0.3) is 0 Å². The van der Waals surface area contributed by atoms with E-state index in [4.69, 9.17) is 9.47 Å². The lowest BCUT2D eigenvalue weighted by molar-refractivity contribution is -0.155. The monoisotopic (exact) mass is 367 g/mol. The smallest absolute Gasteiger partial charge is 0.312 e. The summed E-state index contributed by atoms with van der Waals surface area (Å²) >= 11 is 0. The molecular weight excluding hydrogens is 342 g/mol. The van der Waals surface area contributed by atoms with Gasteiger partial charge in [-0.25, -0.2) is 0 Å². The van der Waals surface area contributed by atoms with Crippen molar-refractivity contribution in [2.24, 2.45) is 5.92 Å². The van der Waals surface area contributed by atoms with Crippen LogP contribution in [0, 0.1) is 5.92 Å². The summed E-state index contributed by atoms with van der Waals surface area (Å²) in [6, 6.07) is 6.12. The number of halogens is 1. The van der Waals surface area contributed by atoms with E-state index >= 15 is 0 Å². The van der Waals surface area contributed by atoms with E-state index in [1.165, 1.54) is 16.7 Å². The summed E-state index contributed by atoms with van der Waals surface area (Å²) in [5.74, 6) is 0.164. The summed E-state index contributed by atoms with van der Waals surface area (Å²) in [5.41, 5.74) is 3.83. The number of methoxy groups -OCH3 is 1. The van der Waals surface area contributed by atoms with Crippen molar-refractivity contribution in [3.05, 3.63) is 29.3 Å². The molecule has 2 atom stereocenters. The maximum Gasteiger partial charge on any atom is 0.312 e. The van der Waals surface area contributed by atoms with Gasteiger partial charge in [0, 0.05) is 19.6 Å². The number of esters is 1. The first-order valence-electron chi connectivity index (χ1n) is 8.58. The fourth-order valence-electron chi connectivity index (χ4n) is 3.43. The van der Waals surface area contributed by atoms with Crippen molar-refractivity contribution in [2.75, 3.05) is 33.4 Å². The number of hydrogen-bond donors (Lipinski definition) is 1. The second kappa shape index (κ2) is 8.70. The number of rotatable bonds is 6. The quantitative estimate of drug-likeness (QED) is 0.783. The first-order chi connectivity index (χ1) is 11.6. The van der Waals surface area contributed by atoms with E-state index in [-0.39, 0.29) is 18.4 Å². The molecule has 1 aromatic rings. The molecule has 0 spiro atoms. The number of nitrogens with zero attached hydrogens (tertiary/aromatic N) is 1. The van der Waals surface area contributed by atoms with Gasteiger partial charge in [-0.3, -0.25) is 4.79 Å². The second-order valence-electron chi connectivity index (χ2n) is 6.39. The van der Waals surface area contributed by atoms with Crippen LogP contribution >= 0.6 is 12.4 Å². The number of likely N-dealkylation sites (tertiary alicyclic amines) is 1. The maximum atomic E-state index is 12.0. The molecule has 5 nitrogen and oxygen atoms in total. The standard InChI is InChI=1S/C19H25NO4.ClH/c1-3-24-19(22)17-12-20(9-7-18(17)21)8-6-14-10-13-4-5-15(23-2)11-16(13)14;/h4-5,10-11,17-18,21H,3,6-9,12H2,1-2H3;1H/t17-,18+;/m0./s1. The van der Waals surface area contributed by atoms with Gasteiger partial charge in [0.05, 0.1) is 25.7 Å². The third-order valence-corrected chi connectivity index (χ3v) is 4.88. The Kier molecular flexibility index (Phi) is 6.87. The van der Waals surface area contributed by atoms with Crippen molar-refractivity contribution in [1.82, 2.24) is 4.90 Å². The average molecular weight is 368 g/mol.